The second-order valence-electron chi connectivity index (χ2n) is 5.90. The summed E-state index contributed by atoms with van der Waals surface area (Å²) in [5.41, 5.74) is 6.87. The van der Waals surface area contributed by atoms with E-state index in [-0.39, 0.29) is 18.3 Å². The molecule has 2 aliphatic heterocycles. The summed E-state index contributed by atoms with van der Waals surface area (Å²) in [5, 5.41) is 10.7. The Labute approximate surface area is 167 Å². The molecule has 3 N–H and O–H groups in total. The Morgan fingerprint density at radius 3 is 2.85 bits per heavy atom. The Hall–Kier alpha value is -2.83. The molecule has 2 aromatic carbocycles. The average molecular weight is 402 g/mol. The average Bonchev–Trinajstić information content (AvgIpc) is 3.24. The maximum absolute atomic E-state index is 12.3. The van der Waals surface area contributed by atoms with Crippen molar-refractivity contribution in [1.29, 1.82) is 0 Å². The minimum Gasteiger partial charge on any atom is -0.353 e. The van der Waals surface area contributed by atoms with Crippen molar-refractivity contribution in [3.05, 3.63) is 64.2 Å². The molecule has 0 radical (unpaired) electrons. The zero-order valence-corrected chi connectivity index (χ0v) is 15.8. The number of rotatable bonds is 3. The van der Waals surface area contributed by atoms with Crippen LogP contribution in [0.2, 0.25) is 5.02 Å². The number of hydrogen-bond acceptors (Lipinski definition) is 5. The Bertz CT molecular complexity index is 968. The number of guanidine groups is 1. The molecule has 2 aromatic rings. The fourth-order valence-electron chi connectivity index (χ4n) is 2.84. The Morgan fingerprint density at radius 2 is 2.04 bits per heavy atom. The van der Waals surface area contributed by atoms with Crippen LogP contribution in [0.15, 0.2) is 52.6 Å². The SMILES string of the molecule is Cl.O=C1Nc2ccc(Cl)cc2/C1=C\c1cccc(/C=N/NC2=NCCN2)c1. The minimum atomic E-state index is -0.131. The fraction of sp³-hybridized carbons (Fsp3) is 0.105. The number of anilines is 1. The molecule has 2 aliphatic rings. The van der Waals surface area contributed by atoms with Crippen molar-refractivity contribution >= 4 is 59.4 Å². The van der Waals surface area contributed by atoms with Crippen LogP contribution < -0.4 is 16.1 Å². The van der Waals surface area contributed by atoms with Crippen LogP contribution in [0, 0.1) is 0 Å². The van der Waals surface area contributed by atoms with Crippen molar-refractivity contribution in [2.24, 2.45) is 10.1 Å². The zero-order chi connectivity index (χ0) is 17.9. The van der Waals surface area contributed by atoms with E-state index < -0.39 is 0 Å². The number of halogens is 2. The number of hydrogen-bond donors (Lipinski definition) is 3. The summed E-state index contributed by atoms with van der Waals surface area (Å²) in [6, 6.07) is 13.1. The highest BCUT2D eigenvalue weighted by molar-refractivity contribution is 6.36. The predicted molar refractivity (Wildman–Crippen MR) is 113 cm³/mol. The van der Waals surface area contributed by atoms with Gasteiger partial charge in [0.25, 0.3) is 5.91 Å². The topological polar surface area (TPSA) is 77.9 Å². The summed E-state index contributed by atoms with van der Waals surface area (Å²) in [6.07, 6.45) is 3.56. The summed E-state index contributed by atoms with van der Waals surface area (Å²) in [7, 11) is 0. The first-order valence-corrected chi connectivity index (χ1v) is 8.57. The van der Waals surface area contributed by atoms with E-state index in [1.54, 1.807) is 18.3 Å². The van der Waals surface area contributed by atoms with E-state index >= 15 is 0 Å². The Kier molecular flexibility index (Phi) is 5.78. The maximum Gasteiger partial charge on any atom is 0.256 e. The number of amides is 1. The van der Waals surface area contributed by atoms with Gasteiger partial charge in [-0.25, -0.2) is 10.4 Å². The van der Waals surface area contributed by atoms with E-state index in [9.17, 15) is 4.79 Å². The van der Waals surface area contributed by atoms with Gasteiger partial charge in [0.2, 0.25) is 5.96 Å². The van der Waals surface area contributed by atoms with Crippen molar-refractivity contribution in [2.45, 2.75) is 0 Å². The van der Waals surface area contributed by atoms with E-state index in [0.717, 1.165) is 35.5 Å². The molecule has 0 fully saturated rings. The molecule has 0 unspecified atom stereocenters. The maximum atomic E-state index is 12.3. The van der Waals surface area contributed by atoms with E-state index in [1.807, 2.05) is 36.4 Å². The lowest BCUT2D eigenvalue weighted by molar-refractivity contribution is -0.110. The van der Waals surface area contributed by atoms with Gasteiger partial charge in [0.15, 0.2) is 0 Å². The minimum absolute atomic E-state index is 0. The molecule has 6 nitrogen and oxygen atoms in total. The lowest BCUT2D eigenvalue weighted by Crippen LogP contribution is -2.30. The number of aliphatic imine (C=N–C) groups is 1. The van der Waals surface area contributed by atoms with Gasteiger partial charge in [0, 0.05) is 28.4 Å². The van der Waals surface area contributed by atoms with Crippen molar-refractivity contribution < 1.29 is 4.79 Å². The number of fused-ring (bicyclic) bond motifs is 1. The van der Waals surface area contributed by atoms with Gasteiger partial charge in [-0.15, -0.1) is 12.4 Å². The van der Waals surface area contributed by atoms with E-state index in [1.165, 1.54) is 0 Å². The Balaban J connectivity index is 0.00000210. The normalized spacial score (nSPS) is 16.6. The molecule has 27 heavy (non-hydrogen) atoms. The van der Waals surface area contributed by atoms with Crippen molar-refractivity contribution in [3.63, 3.8) is 0 Å². The van der Waals surface area contributed by atoms with Crippen molar-refractivity contribution in [3.8, 4) is 0 Å². The molecule has 8 heteroatoms. The summed E-state index contributed by atoms with van der Waals surface area (Å²) in [4.78, 5) is 16.5. The second-order valence-corrected chi connectivity index (χ2v) is 6.34. The van der Waals surface area contributed by atoms with Gasteiger partial charge in [-0.2, -0.15) is 5.10 Å². The van der Waals surface area contributed by atoms with Gasteiger partial charge in [-0.3, -0.25) is 4.79 Å². The van der Waals surface area contributed by atoms with Crippen LogP contribution in [0.3, 0.4) is 0 Å². The van der Waals surface area contributed by atoms with Crippen LogP contribution in [-0.4, -0.2) is 31.2 Å². The summed E-state index contributed by atoms with van der Waals surface area (Å²) < 4.78 is 0. The summed E-state index contributed by atoms with van der Waals surface area (Å²) >= 11 is 6.07. The number of carbonyl (C=O) groups excluding carboxylic acids is 1. The molecule has 0 aliphatic carbocycles. The number of carbonyl (C=O) groups is 1. The van der Waals surface area contributed by atoms with E-state index in [2.05, 4.69) is 26.2 Å². The predicted octanol–water partition coefficient (Wildman–Crippen LogP) is 3.14. The molecule has 0 saturated carbocycles. The van der Waals surface area contributed by atoms with Gasteiger partial charge in [-0.05, 0) is 41.5 Å². The van der Waals surface area contributed by atoms with Gasteiger partial charge >= 0.3 is 0 Å². The van der Waals surface area contributed by atoms with Gasteiger partial charge in [0.05, 0.1) is 12.8 Å². The first-order valence-electron chi connectivity index (χ1n) is 8.19. The fourth-order valence-corrected chi connectivity index (χ4v) is 3.01. The van der Waals surface area contributed by atoms with Crippen LogP contribution in [0.1, 0.15) is 16.7 Å². The smallest absolute Gasteiger partial charge is 0.256 e. The molecule has 0 saturated heterocycles. The number of hydrazone groups is 1. The second kappa shape index (κ2) is 8.24. The molecule has 2 heterocycles. The van der Waals surface area contributed by atoms with Crippen LogP contribution in [0.25, 0.3) is 11.6 Å². The molecule has 138 valence electrons. The molecule has 0 spiro atoms. The van der Waals surface area contributed by atoms with E-state index in [4.69, 9.17) is 11.6 Å². The molecule has 0 atom stereocenters. The molecule has 1 amide bonds. The largest absolute Gasteiger partial charge is 0.353 e. The summed E-state index contributed by atoms with van der Waals surface area (Å²) in [5.74, 6) is 0.545. The third-order valence-electron chi connectivity index (χ3n) is 4.04. The summed E-state index contributed by atoms with van der Waals surface area (Å²) in [6.45, 7) is 1.59. The highest BCUT2D eigenvalue weighted by Crippen LogP contribution is 2.34. The monoisotopic (exact) mass is 401 g/mol. The molecular formula is C19H17Cl2N5O. The highest BCUT2D eigenvalue weighted by atomic mass is 35.5. The number of nitrogens with zero attached hydrogens (tertiary/aromatic N) is 2. The molecular weight excluding hydrogens is 385 g/mol. The van der Waals surface area contributed by atoms with Crippen LogP contribution >= 0.6 is 24.0 Å². The van der Waals surface area contributed by atoms with Crippen molar-refractivity contribution in [1.82, 2.24) is 10.7 Å². The lowest BCUT2D eigenvalue weighted by Gasteiger charge is -2.02. The van der Waals surface area contributed by atoms with Crippen LogP contribution in [0.4, 0.5) is 5.69 Å². The zero-order valence-electron chi connectivity index (χ0n) is 14.2. The van der Waals surface area contributed by atoms with Gasteiger partial charge < -0.3 is 10.6 Å². The third kappa shape index (κ3) is 4.30. The van der Waals surface area contributed by atoms with E-state index in [0.29, 0.717) is 16.6 Å². The van der Waals surface area contributed by atoms with Crippen molar-refractivity contribution in [2.75, 3.05) is 18.4 Å². The molecule has 4 rings (SSSR count). The quantitative estimate of drug-likeness (QED) is 0.419. The number of nitrogens with one attached hydrogen (secondary N) is 3. The lowest BCUT2D eigenvalue weighted by atomic mass is 10.0. The highest BCUT2D eigenvalue weighted by Gasteiger charge is 2.24. The Morgan fingerprint density at radius 1 is 1.19 bits per heavy atom. The first kappa shape index (κ1) is 18.9. The van der Waals surface area contributed by atoms with Gasteiger partial charge in [0.1, 0.15) is 0 Å². The van der Waals surface area contributed by atoms with Gasteiger partial charge in [-0.1, -0.05) is 29.8 Å². The molecule has 0 bridgehead atoms. The first-order chi connectivity index (χ1) is 12.7. The number of benzene rings is 2. The standard InChI is InChI=1S/C19H16ClN5O.ClH/c20-14-4-5-17-15(10-14)16(18(26)24-17)9-12-2-1-3-13(8-12)11-23-25-19-21-6-7-22-19;/h1-5,8-11H,6-7H2,(H,24,26)(H2,21,22,25);1H/b16-9+,23-11+;. The third-order valence-corrected chi connectivity index (χ3v) is 4.28. The van der Waals surface area contributed by atoms with Crippen LogP contribution in [0.5, 0.6) is 0 Å². The van der Waals surface area contributed by atoms with Crippen LogP contribution in [-0.2, 0) is 4.79 Å². The molecule has 0 aromatic heterocycles.